The second-order valence-corrected chi connectivity index (χ2v) is 6.28. The van der Waals surface area contributed by atoms with E-state index in [-0.39, 0.29) is 10.7 Å². The van der Waals surface area contributed by atoms with Gasteiger partial charge in [0.2, 0.25) is 15.8 Å². The maximum Gasteiger partial charge on any atom is 0.239 e. The minimum Gasteiger partial charge on any atom is -0.225 e. The summed E-state index contributed by atoms with van der Waals surface area (Å²) in [6.07, 6.45) is 0. The van der Waals surface area contributed by atoms with Crippen molar-refractivity contribution in [2.24, 2.45) is 5.14 Å². The van der Waals surface area contributed by atoms with Gasteiger partial charge in [-0.25, -0.2) is 13.6 Å². The van der Waals surface area contributed by atoms with E-state index in [1.54, 1.807) is 13.0 Å². The van der Waals surface area contributed by atoms with Crippen LogP contribution in [0.4, 0.5) is 0 Å². The average molecular weight is 315 g/mol. The van der Waals surface area contributed by atoms with E-state index in [1.165, 1.54) is 0 Å². The molecular formula is C14H13N5O2S. The van der Waals surface area contributed by atoms with E-state index >= 15 is 0 Å². The Hall–Kier alpha value is -2.58. The van der Waals surface area contributed by atoms with Crippen molar-refractivity contribution in [2.45, 2.75) is 11.8 Å². The highest BCUT2D eigenvalue weighted by molar-refractivity contribution is 7.89. The number of benzene rings is 2. The molecule has 22 heavy (non-hydrogen) atoms. The molecule has 0 fully saturated rings. The molecule has 1 heterocycles. The van der Waals surface area contributed by atoms with E-state index in [2.05, 4.69) is 20.6 Å². The first kappa shape index (κ1) is 14.4. The molecule has 0 aliphatic heterocycles. The van der Waals surface area contributed by atoms with Gasteiger partial charge in [0.15, 0.2) is 0 Å². The lowest BCUT2D eigenvalue weighted by Crippen LogP contribution is -2.16. The highest BCUT2D eigenvalue weighted by atomic mass is 32.2. The van der Waals surface area contributed by atoms with Crippen LogP contribution in [0.2, 0.25) is 0 Å². The number of tetrazole rings is 1. The van der Waals surface area contributed by atoms with Crippen LogP contribution in [0.3, 0.4) is 0 Å². The lowest BCUT2D eigenvalue weighted by molar-refractivity contribution is 0.597. The van der Waals surface area contributed by atoms with Crippen molar-refractivity contribution < 1.29 is 8.42 Å². The third-order valence-corrected chi connectivity index (χ3v) is 4.39. The second-order valence-electron chi connectivity index (χ2n) is 4.78. The van der Waals surface area contributed by atoms with Crippen LogP contribution >= 0.6 is 0 Å². The Bertz CT molecular complexity index is 906. The van der Waals surface area contributed by atoms with Gasteiger partial charge in [-0.2, -0.15) is 5.21 Å². The van der Waals surface area contributed by atoms with Crippen molar-refractivity contribution in [2.75, 3.05) is 0 Å². The minimum atomic E-state index is -3.94. The molecule has 0 spiro atoms. The molecule has 0 atom stereocenters. The van der Waals surface area contributed by atoms with E-state index in [0.29, 0.717) is 16.7 Å². The highest BCUT2D eigenvalue weighted by Crippen LogP contribution is 2.36. The van der Waals surface area contributed by atoms with Gasteiger partial charge in [0.05, 0.1) is 10.5 Å². The van der Waals surface area contributed by atoms with Crippen molar-refractivity contribution in [3.63, 3.8) is 0 Å². The summed E-state index contributed by atoms with van der Waals surface area (Å²) in [5.74, 6) is 0.187. The topological polar surface area (TPSA) is 115 Å². The molecule has 112 valence electrons. The summed E-state index contributed by atoms with van der Waals surface area (Å²) < 4.78 is 24.1. The summed E-state index contributed by atoms with van der Waals surface area (Å²) in [5.41, 5.74) is 2.40. The van der Waals surface area contributed by atoms with E-state index in [1.807, 2.05) is 36.4 Å². The molecule has 0 amide bonds. The molecule has 3 rings (SSSR count). The van der Waals surface area contributed by atoms with E-state index in [0.717, 1.165) is 5.56 Å². The molecule has 8 heteroatoms. The fourth-order valence-corrected chi connectivity index (χ4v) is 3.40. The van der Waals surface area contributed by atoms with Gasteiger partial charge in [-0.05, 0) is 28.8 Å². The highest BCUT2D eigenvalue weighted by Gasteiger charge is 2.24. The molecule has 2 aromatic carbocycles. The summed E-state index contributed by atoms with van der Waals surface area (Å²) in [7, 11) is -3.94. The van der Waals surface area contributed by atoms with Crippen molar-refractivity contribution in [1.82, 2.24) is 20.6 Å². The first-order chi connectivity index (χ1) is 10.5. The van der Waals surface area contributed by atoms with Gasteiger partial charge < -0.3 is 0 Å². The van der Waals surface area contributed by atoms with Gasteiger partial charge in [0.1, 0.15) is 0 Å². The number of H-pyrrole nitrogens is 1. The quantitative estimate of drug-likeness (QED) is 0.760. The van der Waals surface area contributed by atoms with Crippen LogP contribution in [0.1, 0.15) is 5.56 Å². The van der Waals surface area contributed by atoms with Crippen molar-refractivity contribution in [3.8, 4) is 22.5 Å². The van der Waals surface area contributed by atoms with Gasteiger partial charge >= 0.3 is 0 Å². The van der Waals surface area contributed by atoms with Gasteiger partial charge in [0, 0.05) is 0 Å². The zero-order valence-electron chi connectivity index (χ0n) is 11.7. The molecular weight excluding hydrogens is 302 g/mol. The summed E-state index contributed by atoms with van der Waals surface area (Å²) in [5, 5.41) is 19.1. The zero-order valence-corrected chi connectivity index (χ0v) is 12.5. The first-order valence-electron chi connectivity index (χ1n) is 6.44. The summed E-state index contributed by atoms with van der Waals surface area (Å²) in [4.78, 5) is 0.00949. The summed E-state index contributed by atoms with van der Waals surface area (Å²) in [6, 6.07) is 12.9. The van der Waals surface area contributed by atoms with Gasteiger partial charge in [-0.3, -0.25) is 0 Å². The molecule has 0 saturated carbocycles. The lowest BCUT2D eigenvalue weighted by atomic mass is 9.97. The van der Waals surface area contributed by atoms with Crippen molar-refractivity contribution in [3.05, 3.63) is 48.0 Å². The number of nitrogens with one attached hydrogen (secondary N) is 1. The number of aromatic nitrogens is 4. The van der Waals surface area contributed by atoms with Crippen LogP contribution in [0.5, 0.6) is 0 Å². The summed E-state index contributed by atoms with van der Waals surface area (Å²) >= 11 is 0. The Labute approximate surface area is 127 Å². The molecule has 0 aliphatic rings. The first-order valence-corrected chi connectivity index (χ1v) is 7.99. The number of rotatable bonds is 3. The molecule has 7 nitrogen and oxygen atoms in total. The average Bonchev–Trinajstić information content (AvgIpc) is 3.00. The smallest absolute Gasteiger partial charge is 0.225 e. The van der Waals surface area contributed by atoms with Gasteiger partial charge in [0.25, 0.3) is 0 Å². The summed E-state index contributed by atoms with van der Waals surface area (Å²) in [6.45, 7) is 1.68. The number of hydrogen-bond donors (Lipinski definition) is 2. The van der Waals surface area contributed by atoms with Crippen molar-refractivity contribution >= 4 is 10.0 Å². The SMILES string of the molecule is Cc1ccc(-c2ccccc2)c(-c2nn[nH]n2)c1S(N)(=O)=O. The van der Waals surface area contributed by atoms with Crippen LogP contribution in [0, 0.1) is 6.92 Å². The molecule has 3 aromatic rings. The number of sulfonamides is 1. The van der Waals surface area contributed by atoms with Gasteiger partial charge in [-0.15, -0.1) is 10.2 Å². The van der Waals surface area contributed by atoms with Gasteiger partial charge in [-0.1, -0.05) is 42.5 Å². The fraction of sp³-hybridized carbons (Fsp3) is 0.0714. The van der Waals surface area contributed by atoms with E-state index in [9.17, 15) is 8.42 Å². The Kier molecular flexibility index (Phi) is 3.47. The number of hydrogen-bond acceptors (Lipinski definition) is 5. The van der Waals surface area contributed by atoms with E-state index in [4.69, 9.17) is 5.14 Å². The molecule has 3 N–H and O–H groups in total. The zero-order chi connectivity index (χ0) is 15.7. The second kappa shape index (κ2) is 5.32. The van der Waals surface area contributed by atoms with Crippen LogP contribution in [0.15, 0.2) is 47.4 Å². The standard InChI is InChI=1S/C14H13N5O2S/c1-9-7-8-11(10-5-3-2-4-6-10)12(13(9)22(15,20)21)14-16-18-19-17-14/h2-8H,1H3,(H2,15,20,21)(H,16,17,18,19). The molecule has 0 unspecified atom stereocenters. The number of nitrogens with zero attached hydrogens (tertiary/aromatic N) is 3. The van der Waals surface area contributed by atoms with Crippen LogP contribution in [-0.2, 0) is 10.0 Å². The third kappa shape index (κ3) is 2.49. The van der Waals surface area contributed by atoms with Crippen LogP contribution < -0.4 is 5.14 Å². The predicted octanol–water partition coefficient (Wildman–Crippen LogP) is 1.49. The molecule has 1 aromatic heterocycles. The molecule has 0 radical (unpaired) electrons. The number of nitrogens with two attached hydrogens (primary N) is 1. The monoisotopic (exact) mass is 315 g/mol. The predicted molar refractivity (Wildman–Crippen MR) is 81.2 cm³/mol. The normalized spacial score (nSPS) is 11.5. The maximum atomic E-state index is 12.0. The molecule has 0 saturated heterocycles. The van der Waals surface area contributed by atoms with E-state index < -0.39 is 10.0 Å². The lowest BCUT2D eigenvalue weighted by Gasteiger charge is -2.13. The maximum absolute atomic E-state index is 12.0. The largest absolute Gasteiger partial charge is 0.239 e. The minimum absolute atomic E-state index is 0.00949. The Morgan fingerprint density at radius 1 is 1.09 bits per heavy atom. The third-order valence-electron chi connectivity index (χ3n) is 3.29. The number of aromatic amines is 1. The molecule has 0 aliphatic carbocycles. The number of aryl methyl sites for hydroxylation is 1. The van der Waals surface area contributed by atoms with Crippen molar-refractivity contribution in [1.29, 1.82) is 0 Å². The van der Waals surface area contributed by atoms with Crippen LogP contribution in [-0.4, -0.2) is 29.0 Å². The Morgan fingerprint density at radius 2 is 1.82 bits per heavy atom. The fourth-order valence-electron chi connectivity index (χ4n) is 2.40. The number of primary sulfonamides is 1. The Balaban J connectivity index is 2.42. The molecule has 0 bridgehead atoms. The van der Waals surface area contributed by atoms with Crippen LogP contribution in [0.25, 0.3) is 22.5 Å². The Morgan fingerprint density at radius 3 is 2.41 bits per heavy atom.